The number of hydrogen-bond donors (Lipinski definition) is 1. The molecule has 0 amide bonds. The summed E-state index contributed by atoms with van der Waals surface area (Å²) in [5, 5.41) is 8.61. The minimum absolute atomic E-state index is 0.345. The molecule has 0 unspecified atom stereocenters. The van der Waals surface area contributed by atoms with Gasteiger partial charge in [0.15, 0.2) is 0 Å². The highest BCUT2D eigenvalue weighted by Gasteiger charge is 1.97. The van der Waals surface area contributed by atoms with E-state index in [0.29, 0.717) is 6.42 Å². The first-order valence-corrected chi connectivity index (χ1v) is 15.6. The summed E-state index contributed by atoms with van der Waals surface area (Å²) in [4.78, 5) is 10.5. The zero-order valence-electron chi connectivity index (χ0n) is 23.3. The number of aliphatic carboxylic acids is 1. The number of carbonyl (C=O) groups is 1. The maximum atomic E-state index is 10.5. The van der Waals surface area contributed by atoms with Crippen LogP contribution in [-0.2, 0) is 4.79 Å². The summed E-state index contributed by atoms with van der Waals surface area (Å²) < 4.78 is 0. The van der Waals surface area contributed by atoms with Crippen LogP contribution in [0.1, 0.15) is 187 Å². The average molecular weight is 479 g/mol. The molecule has 0 fully saturated rings. The van der Waals surface area contributed by atoms with Crippen molar-refractivity contribution in [1.82, 2.24) is 0 Å². The van der Waals surface area contributed by atoms with Crippen LogP contribution in [0, 0.1) is 0 Å². The van der Waals surface area contributed by atoms with Gasteiger partial charge in [0, 0.05) is 6.42 Å². The Labute approximate surface area is 214 Å². The van der Waals surface area contributed by atoms with Gasteiger partial charge in [-0.15, -0.1) is 0 Å². The van der Waals surface area contributed by atoms with Crippen molar-refractivity contribution in [2.75, 3.05) is 0 Å². The molecule has 34 heavy (non-hydrogen) atoms. The van der Waals surface area contributed by atoms with Crippen molar-refractivity contribution in [3.63, 3.8) is 0 Å². The fraction of sp³-hybridized carbons (Fsp3) is 0.906. The van der Waals surface area contributed by atoms with Crippen LogP contribution in [0.5, 0.6) is 0 Å². The van der Waals surface area contributed by atoms with E-state index in [1.54, 1.807) is 0 Å². The molecule has 0 heterocycles. The topological polar surface area (TPSA) is 37.3 Å². The van der Waals surface area contributed by atoms with Gasteiger partial charge in [-0.25, -0.2) is 0 Å². The van der Waals surface area contributed by atoms with Crippen molar-refractivity contribution in [3.8, 4) is 0 Å². The van der Waals surface area contributed by atoms with E-state index in [0.717, 1.165) is 12.8 Å². The monoisotopic (exact) mass is 478 g/mol. The van der Waals surface area contributed by atoms with Crippen molar-refractivity contribution in [2.24, 2.45) is 0 Å². The highest BCUT2D eigenvalue weighted by molar-refractivity contribution is 5.66. The smallest absolute Gasteiger partial charge is 0.303 e. The minimum Gasteiger partial charge on any atom is -0.481 e. The van der Waals surface area contributed by atoms with Gasteiger partial charge in [-0.3, -0.25) is 4.79 Å². The van der Waals surface area contributed by atoms with E-state index >= 15 is 0 Å². The summed E-state index contributed by atoms with van der Waals surface area (Å²) in [5.41, 5.74) is 0. The Bertz CT molecular complexity index is 415. The first-order valence-electron chi connectivity index (χ1n) is 15.6. The second kappa shape index (κ2) is 30.2. The van der Waals surface area contributed by atoms with Crippen LogP contribution in [0.4, 0.5) is 0 Å². The van der Waals surface area contributed by atoms with Crippen LogP contribution >= 0.6 is 0 Å². The third-order valence-corrected chi connectivity index (χ3v) is 7.15. The standard InChI is InChI=1S/C32H62O2/c1-2-3-4-5-6-7-8-9-10-11-12-13-14-15-16-17-18-19-20-21-22-23-24-25-26-27-28-29-30-31-32(33)34/h9-10H,2-8,11-31H2,1H3,(H,33,34). The van der Waals surface area contributed by atoms with Crippen molar-refractivity contribution in [3.05, 3.63) is 12.2 Å². The van der Waals surface area contributed by atoms with E-state index < -0.39 is 5.97 Å². The SMILES string of the molecule is CCCCCCCCC=CCCCCCCCCCCCCCCCCCCCCCC(=O)O. The summed E-state index contributed by atoms with van der Waals surface area (Å²) in [6.07, 6.45) is 42.0. The molecule has 2 heteroatoms. The summed E-state index contributed by atoms with van der Waals surface area (Å²) >= 11 is 0. The Morgan fingerprint density at radius 2 is 0.706 bits per heavy atom. The van der Waals surface area contributed by atoms with Gasteiger partial charge >= 0.3 is 5.97 Å². The molecule has 1 N–H and O–H groups in total. The Morgan fingerprint density at radius 3 is 1.00 bits per heavy atom. The molecule has 0 spiro atoms. The number of hydrogen-bond acceptors (Lipinski definition) is 1. The molecule has 0 saturated carbocycles. The van der Waals surface area contributed by atoms with E-state index in [-0.39, 0.29) is 0 Å². The molecule has 0 aliphatic carbocycles. The quantitative estimate of drug-likeness (QED) is 0.0857. The largest absolute Gasteiger partial charge is 0.481 e. The second-order valence-corrected chi connectivity index (χ2v) is 10.7. The normalized spacial score (nSPS) is 11.6. The van der Waals surface area contributed by atoms with E-state index in [4.69, 9.17) is 5.11 Å². The van der Waals surface area contributed by atoms with E-state index in [1.165, 1.54) is 161 Å². The van der Waals surface area contributed by atoms with Gasteiger partial charge < -0.3 is 5.11 Å². The van der Waals surface area contributed by atoms with Gasteiger partial charge in [0.05, 0.1) is 0 Å². The van der Waals surface area contributed by atoms with Crippen LogP contribution in [0.15, 0.2) is 12.2 Å². The van der Waals surface area contributed by atoms with Crippen LogP contribution in [-0.4, -0.2) is 11.1 Å². The predicted octanol–water partition coefficient (Wildman–Crippen LogP) is 11.6. The molecule has 0 aliphatic heterocycles. The zero-order valence-corrected chi connectivity index (χ0v) is 23.3. The molecule has 0 atom stereocenters. The van der Waals surface area contributed by atoms with Crippen LogP contribution in [0.2, 0.25) is 0 Å². The van der Waals surface area contributed by atoms with Gasteiger partial charge in [0.1, 0.15) is 0 Å². The number of allylic oxidation sites excluding steroid dienone is 2. The minimum atomic E-state index is -0.650. The molecule has 202 valence electrons. The van der Waals surface area contributed by atoms with Crippen molar-refractivity contribution >= 4 is 5.97 Å². The third-order valence-electron chi connectivity index (χ3n) is 7.15. The summed E-state index contributed by atoms with van der Waals surface area (Å²) in [5.74, 6) is -0.650. The lowest BCUT2D eigenvalue weighted by molar-refractivity contribution is -0.137. The zero-order chi connectivity index (χ0) is 24.8. The summed E-state index contributed by atoms with van der Waals surface area (Å²) in [7, 11) is 0. The fourth-order valence-electron chi connectivity index (χ4n) is 4.82. The first-order chi connectivity index (χ1) is 16.8. The summed E-state index contributed by atoms with van der Waals surface area (Å²) in [6.45, 7) is 2.29. The maximum absolute atomic E-state index is 10.5. The number of rotatable bonds is 29. The number of unbranched alkanes of at least 4 members (excludes halogenated alkanes) is 25. The van der Waals surface area contributed by atoms with E-state index in [2.05, 4.69) is 19.1 Å². The Hall–Kier alpha value is -0.790. The molecule has 0 bridgehead atoms. The molecule has 2 nitrogen and oxygen atoms in total. The molecule has 0 aromatic heterocycles. The van der Waals surface area contributed by atoms with Gasteiger partial charge in [-0.1, -0.05) is 160 Å². The molecule has 0 rings (SSSR count). The Kier molecular flexibility index (Phi) is 29.5. The second-order valence-electron chi connectivity index (χ2n) is 10.7. The van der Waals surface area contributed by atoms with Crippen LogP contribution in [0.25, 0.3) is 0 Å². The predicted molar refractivity (Wildman–Crippen MR) is 152 cm³/mol. The van der Waals surface area contributed by atoms with Crippen molar-refractivity contribution in [2.45, 2.75) is 187 Å². The lowest BCUT2D eigenvalue weighted by atomic mass is 10.0. The summed E-state index contributed by atoms with van der Waals surface area (Å²) in [6, 6.07) is 0. The molecule has 0 aliphatic rings. The van der Waals surface area contributed by atoms with Crippen LogP contribution < -0.4 is 0 Å². The molecule has 0 aromatic rings. The molecule has 0 aromatic carbocycles. The molecular weight excluding hydrogens is 416 g/mol. The molecular formula is C32H62O2. The lowest BCUT2D eigenvalue weighted by Gasteiger charge is -2.04. The van der Waals surface area contributed by atoms with Crippen LogP contribution in [0.3, 0.4) is 0 Å². The maximum Gasteiger partial charge on any atom is 0.303 e. The third kappa shape index (κ3) is 31.2. The molecule has 0 saturated heterocycles. The number of carboxylic acid groups (broad SMARTS) is 1. The fourth-order valence-corrected chi connectivity index (χ4v) is 4.82. The number of carboxylic acids is 1. The Balaban J connectivity index is 3.06. The Morgan fingerprint density at radius 1 is 0.441 bits per heavy atom. The lowest BCUT2D eigenvalue weighted by Crippen LogP contribution is -1.93. The van der Waals surface area contributed by atoms with Crippen molar-refractivity contribution in [1.29, 1.82) is 0 Å². The van der Waals surface area contributed by atoms with Crippen molar-refractivity contribution < 1.29 is 9.90 Å². The molecule has 0 radical (unpaired) electrons. The van der Waals surface area contributed by atoms with E-state index in [1.807, 2.05) is 0 Å². The average Bonchev–Trinajstić information content (AvgIpc) is 2.83. The van der Waals surface area contributed by atoms with Gasteiger partial charge in [0.25, 0.3) is 0 Å². The van der Waals surface area contributed by atoms with E-state index in [9.17, 15) is 4.79 Å². The van der Waals surface area contributed by atoms with Gasteiger partial charge in [-0.05, 0) is 32.1 Å². The van der Waals surface area contributed by atoms with Gasteiger partial charge in [0.2, 0.25) is 0 Å². The first kappa shape index (κ1) is 33.2. The highest BCUT2D eigenvalue weighted by atomic mass is 16.4. The highest BCUT2D eigenvalue weighted by Crippen LogP contribution is 2.15. The van der Waals surface area contributed by atoms with Gasteiger partial charge in [-0.2, -0.15) is 0 Å².